The van der Waals surface area contributed by atoms with Crippen molar-refractivity contribution < 1.29 is 4.79 Å². The van der Waals surface area contributed by atoms with E-state index in [0.717, 1.165) is 83.9 Å². The summed E-state index contributed by atoms with van der Waals surface area (Å²) in [4.78, 5) is 19.3. The highest BCUT2D eigenvalue weighted by Crippen LogP contribution is 2.45. The average molecular weight is 599 g/mol. The molecule has 10 rings (SSSR count). The topological polar surface area (TPSA) is 34.4 Å². The fourth-order valence-electron chi connectivity index (χ4n) is 7.38. The van der Waals surface area contributed by atoms with Gasteiger partial charge in [0.15, 0.2) is 11.6 Å². The van der Waals surface area contributed by atoms with Gasteiger partial charge in [0.05, 0.1) is 22.3 Å². The molecule has 0 N–H and O–H groups in total. The zero-order valence-corrected chi connectivity index (χ0v) is 25.4. The van der Waals surface area contributed by atoms with Gasteiger partial charge in [-0.1, -0.05) is 109 Å². The average Bonchev–Trinajstić information content (AvgIpc) is 3.86. The van der Waals surface area contributed by atoms with Gasteiger partial charge in [-0.2, -0.15) is 0 Å². The molecule has 3 nitrogen and oxygen atoms in total. The van der Waals surface area contributed by atoms with Gasteiger partial charge in [-0.25, -0.2) is 4.99 Å². The molecular formula is C44H26N2O. The monoisotopic (exact) mass is 598 g/mol. The van der Waals surface area contributed by atoms with E-state index in [1.807, 2.05) is 30.3 Å². The molecule has 0 spiro atoms. The van der Waals surface area contributed by atoms with Gasteiger partial charge < -0.3 is 0 Å². The van der Waals surface area contributed by atoms with Crippen molar-refractivity contribution in [3.05, 3.63) is 179 Å². The maximum Gasteiger partial charge on any atom is 0.194 e. The SMILES string of the molecule is O=C1c2cc3c(cc2-c2c1ccc1ccccc21)c1ccccc1n3C(=Nc1ccccc1Cc1ccc2ccccc2c1)C1=C=C1. The van der Waals surface area contributed by atoms with Crippen molar-refractivity contribution in [1.29, 1.82) is 0 Å². The van der Waals surface area contributed by atoms with E-state index in [0.29, 0.717) is 0 Å². The number of carbonyl (C=O) groups excluding carboxylic acids is 1. The summed E-state index contributed by atoms with van der Waals surface area (Å²) in [6.07, 6.45) is 2.76. The minimum atomic E-state index is 0.0717. The lowest BCUT2D eigenvalue weighted by molar-refractivity contribution is 0.104. The van der Waals surface area contributed by atoms with Crippen molar-refractivity contribution in [2.45, 2.75) is 6.42 Å². The first-order chi connectivity index (χ1) is 23.2. The minimum absolute atomic E-state index is 0.0717. The van der Waals surface area contributed by atoms with E-state index in [1.165, 1.54) is 16.3 Å². The molecule has 7 aromatic carbocycles. The van der Waals surface area contributed by atoms with E-state index in [-0.39, 0.29) is 5.78 Å². The molecule has 3 heteroatoms. The zero-order valence-electron chi connectivity index (χ0n) is 25.4. The van der Waals surface area contributed by atoms with Crippen LogP contribution in [0.1, 0.15) is 27.0 Å². The Balaban J connectivity index is 1.17. The lowest BCUT2D eigenvalue weighted by Gasteiger charge is -2.12. The fourth-order valence-corrected chi connectivity index (χ4v) is 7.38. The largest absolute Gasteiger partial charge is 0.293 e. The van der Waals surface area contributed by atoms with Crippen LogP contribution in [-0.2, 0) is 6.42 Å². The molecule has 2 aliphatic carbocycles. The fraction of sp³-hybridized carbons (Fsp3) is 0.0227. The van der Waals surface area contributed by atoms with E-state index in [1.54, 1.807) is 0 Å². The lowest BCUT2D eigenvalue weighted by atomic mass is 9.97. The number of hydrogen-bond acceptors (Lipinski definition) is 2. The first kappa shape index (κ1) is 26.0. The van der Waals surface area contributed by atoms with Crippen LogP contribution >= 0.6 is 0 Å². The number of ketones is 1. The Kier molecular flexibility index (Phi) is 5.45. The molecule has 47 heavy (non-hydrogen) atoms. The van der Waals surface area contributed by atoms with Crippen molar-refractivity contribution in [2.75, 3.05) is 0 Å². The molecule has 0 fully saturated rings. The first-order valence-electron chi connectivity index (χ1n) is 16.0. The second-order valence-electron chi connectivity index (χ2n) is 12.4. The van der Waals surface area contributed by atoms with Crippen molar-refractivity contribution in [3.8, 4) is 11.1 Å². The number of rotatable bonds is 4. The van der Waals surface area contributed by atoms with E-state index >= 15 is 0 Å². The van der Waals surface area contributed by atoms with Crippen molar-refractivity contribution in [2.24, 2.45) is 4.99 Å². The van der Waals surface area contributed by atoms with Gasteiger partial charge in [0, 0.05) is 27.5 Å². The number of aliphatic imine (C=N–C) groups is 1. The third-order valence-electron chi connectivity index (χ3n) is 9.67. The maximum absolute atomic E-state index is 13.9. The molecule has 0 atom stereocenters. The molecule has 8 aromatic rings. The number of fused-ring (bicyclic) bond motifs is 9. The summed E-state index contributed by atoms with van der Waals surface area (Å²) in [5.74, 6) is 0.887. The highest BCUT2D eigenvalue weighted by atomic mass is 16.1. The molecule has 2 aliphatic rings. The van der Waals surface area contributed by atoms with Crippen LogP contribution in [0.3, 0.4) is 0 Å². The molecule has 0 saturated carbocycles. The molecule has 0 amide bonds. The maximum atomic E-state index is 13.9. The summed E-state index contributed by atoms with van der Waals surface area (Å²) in [6, 6.07) is 48.7. The number of carbonyl (C=O) groups is 1. The molecule has 0 radical (unpaired) electrons. The normalized spacial score (nSPS) is 13.5. The van der Waals surface area contributed by atoms with Gasteiger partial charge in [0.2, 0.25) is 0 Å². The first-order valence-corrected chi connectivity index (χ1v) is 16.0. The Morgan fingerprint density at radius 2 is 1.32 bits per heavy atom. The van der Waals surface area contributed by atoms with Gasteiger partial charge >= 0.3 is 0 Å². The number of para-hydroxylation sites is 2. The minimum Gasteiger partial charge on any atom is -0.293 e. The van der Waals surface area contributed by atoms with E-state index in [4.69, 9.17) is 4.99 Å². The van der Waals surface area contributed by atoms with Gasteiger partial charge in [-0.15, -0.1) is 5.73 Å². The van der Waals surface area contributed by atoms with Gasteiger partial charge in [-0.05, 0) is 81.1 Å². The Labute approximate surface area is 271 Å². The van der Waals surface area contributed by atoms with E-state index < -0.39 is 0 Å². The smallest absolute Gasteiger partial charge is 0.194 e. The lowest BCUT2D eigenvalue weighted by Crippen LogP contribution is -2.11. The number of aromatic nitrogens is 1. The molecule has 218 valence electrons. The van der Waals surface area contributed by atoms with E-state index in [2.05, 4.69) is 126 Å². The summed E-state index contributed by atoms with van der Waals surface area (Å²) in [5.41, 5.74) is 13.2. The molecule has 1 aromatic heterocycles. The summed E-state index contributed by atoms with van der Waals surface area (Å²) >= 11 is 0. The molecule has 0 saturated heterocycles. The van der Waals surface area contributed by atoms with Crippen LogP contribution < -0.4 is 0 Å². The molecular weight excluding hydrogens is 572 g/mol. The van der Waals surface area contributed by atoms with E-state index in [9.17, 15) is 4.79 Å². The highest BCUT2D eigenvalue weighted by Gasteiger charge is 2.31. The van der Waals surface area contributed by atoms with Crippen LogP contribution in [0, 0.1) is 0 Å². The standard InChI is InChI=1S/C44H26N2O/c47-43-35-22-21-29-10-3-5-13-33(29)42(35)37-25-36-34-14-6-8-16-40(34)46(41(36)26-38(37)43)44(30-19-20-30)45-39-15-7-4-12-32(39)24-27-17-18-28-9-1-2-11-31(28)23-27/h1-19,21-23,25-26H,24H2. The van der Waals surface area contributed by atoms with Crippen LogP contribution in [-0.4, -0.2) is 16.2 Å². The molecule has 0 bridgehead atoms. The van der Waals surface area contributed by atoms with Crippen LogP contribution in [0.5, 0.6) is 0 Å². The number of nitrogens with zero attached hydrogens (tertiary/aromatic N) is 2. The second kappa shape index (κ2) is 9.86. The Morgan fingerprint density at radius 1 is 0.596 bits per heavy atom. The number of hydrogen-bond donors (Lipinski definition) is 0. The van der Waals surface area contributed by atoms with Crippen LogP contribution in [0.2, 0.25) is 0 Å². The third-order valence-corrected chi connectivity index (χ3v) is 9.67. The van der Waals surface area contributed by atoms with Crippen LogP contribution in [0.4, 0.5) is 5.69 Å². The molecule has 0 unspecified atom stereocenters. The second-order valence-corrected chi connectivity index (χ2v) is 12.4. The van der Waals surface area contributed by atoms with Crippen molar-refractivity contribution in [1.82, 2.24) is 4.57 Å². The Bertz CT molecular complexity index is 2770. The third kappa shape index (κ3) is 4.01. The van der Waals surface area contributed by atoms with Crippen molar-refractivity contribution >= 4 is 60.7 Å². The predicted octanol–water partition coefficient (Wildman–Crippen LogP) is 10.6. The van der Waals surface area contributed by atoms with Crippen LogP contribution in [0.25, 0.3) is 54.5 Å². The highest BCUT2D eigenvalue weighted by molar-refractivity contribution is 6.29. The quantitative estimate of drug-likeness (QED) is 0.113. The number of allylic oxidation sites excluding steroid dienone is 1. The summed E-state index contributed by atoms with van der Waals surface area (Å²) < 4.78 is 2.22. The summed E-state index contributed by atoms with van der Waals surface area (Å²) in [7, 11) is 0. The Hall–Kier alpha value is -6.28. The van der Waals surface area contributed by atoms with Gasteiger partial charge in [0.1, 0.15) is 0 Å². The van der Waals surface area contributed by atoms with Gasteiger partial charge in [0.25, 0.3) is 0 Å². The Morgan fingerprint density at radius 3 is 2.19 bits per heavy atom. The number of benzene rings is 7. The molecule has 1 heterocycles. The summed E-state index contributed by atoms with van der Waals surface area (Å²) in [6.45, 7) is 0. The van der Waals surface area contributed by atoms with Crippen molar-refractivity contribution in [3.63, 3.8) is 0 Å². The van der Waals surface area contributed by atoms with Gasteiger partial charge in [-0.3, -0.25) is 9.36 Å². The van der Waals surface area contributed by atoms with Crippen LogP contribution in [0.15, 0.2) is 162 Å². The predicted molar refractivity (Wildman–Crippen MR) is 193 cm³/mol. The zero-order chi connectivity index (χ0) is 31.1. The summed E-state index contributed by atoms with van der Waals surface area (Å²) in [5, 5.41) is 6.96. The molecule has 0 aliphatic heterocycles.